The number of anilines is 2. The van der Waals surface area contributed by atoms with Gasteiger partial charge in [0, 0.05) is 30.4 Å². The molecule has 0 saturated carbocycles. The lowest BCUT2D eigenvalue weighted by Gasteiger charge is -2.21. The van der Waals surface area contributed by atoms with Crippen LogP contribution in [0.15, 0.2) is 27.9 Å². The third-order valence-electron chi connectivity index (χ3n) is 3.24. The zero-order valence-corrected chi connectivity index (χ0v) is 12.9. The predicted molar refractivity (Wildman–Crippen MR) is 85.4 cm³/mol. The number of nitrogens with one attached hydrogen (secondary N) is 1. The van der Waals surface area contributed by atoms with E-state index in [0.717, 1.165) is 18.8 Å². The van der Waals surface area contributed by atoms with Crippen LogP contribution >= 0.6 is 0 Å². The molecule has 1 aromatic heterocycles. The van der Waals surface area contributed by atoms with Crippen molar-refractivity contribution in [1.82, 2.24) is 15.7 Å². The van der Waals surface area contributed by atoms with Gasteiger partial charge in [-0.3, -0.25) is 4.79 Å². The normalized spacial score (nSPS) is 10.9. The molecule has 0 saturated heterocycles. The summed E-state index contributed by atoms with van der Waals surface area (Å²) in [7, 11) is 0. The maximum atomic E-state index is 11.7. The average molecular weight is 318 g/mol. The molecule has 122 valence electrons. The van der Waals surface area contributed by atoms with Crippen molar-refractivity contribution in [2.45, 2.75) is 13.8 Å². The molecule has 0 fully saturated rings. The number of hydrogen-bond donors (Lipinski definition) is 3. The van der Waals surface area contributed by atoms with E-state index in [1.165, 1.54) is 6.21 Å². The summed E-state index contributed by atoms with van der Waals surface area (Å²) in [6.45, 7) is 5.75. The molecule has 4 N–H and O–H groups in total. The zero-order valence-electron chi connectivity index (χ0n) is 12.9. The number of phenols is 1. The van der Waals surface area contributed by atoms with Gasteiger partial charge in [0.25, 0.3) is 5.91 Å². The van der Waals surface area contributed by atoms with Crippen LogP contribution in [0, 0.1) is 0 Å². The number of benzene rings is 1. The topological polar surface area (TPSA) is 130 Å². The number of carbonyl (C=O) groups excluding carboxylic acids is 1. The Labute approximate surface area is 132 Å². The van der Waals surface area contributed by atoms with Crippen LogP contribution in [-0.4, -0.2) is 40.6 Å². The molecule has 23 heavy (non-hydrogen) atoms. The van der Waals surface area contributed by atoms with E-state index >= 15 is 0 Å². The van der Waals surface area contributed by atoms with Crippen molar-refractivity contribution < 1.29 is 14.5 Å². The highest BCUT2D eigenvalue weighted by Gasteiger charge is 2.15. The smallest absolute Gasteiger partial charge is 0.297 e. The standard InChI is InChI=1S/C14H18N6O3/c1-3-20(4-2)10-6-5-9(11(21)7-10)8-16-17-14(22)12-13(15)19-23-18-12/h5-8,21H,3-4H2,1-2H3,(H2,15,19)(H,17,22)/b16-8+. The minimum absolute atomic E-state index is 0.0648. The predicted octanol–water partition coefficient (Wildman–Crippen LogP) is 0.967. The van der Waals surface area contributed by atoms with Gasteiger partial charge in [0.05, 0.1) is 6.21 Å². The summed E-state index contributed by atoms with van der Waals surface area (Å²) in [6.07, 6.45) is 1.32. The summed E-state index contributed by atoms with van der Waals surface area (Å²) in [5, 5.41) is 20.4. The van der Waals surface area contributed by atoms with Gasteiger partial charge in [-0.05, 0) is 36.3 Å². The number of hydrogen-bond acceptors (Lipinski definition) is 8. The highest BCUT2D eigenvalue weighted by molar-refractivity contribution is 5.96. The molecule has 0 aliphatic heterocycles. The van der Waals surface area contributed by atoms with Gasteiger partial charge < -0.3 is 15.7 Å². The fraction of sp³-hybridized carbons (Fsp3) is 0.286. The molecule has 0 unspecified atom stereocenters. The second-order valence-electron chi connectivity index (χ2n) is 4.61. The van der Waals surface area contributed by atoms with Crippen LogP contribution in [0.4, 0.5) is 11.5 Å². The number of amides is 1. The molecule has 1 aromatic carbocycles. The van der Waals surface area contributed by atoms with Gasteiger partial charge in [0.2, 0.25) is 11.5 Å². The lowest BCUT2D eigenvalue weighted by Crippen LogP contribution is -2.21. The van der Waals surface area contributed by atoms with Crippen LogP contribution in [0.5, 0.6) is 5.75 Å². The second kappa shape index (κ2) is 7.25. The molecule has 1 heterocycles. The highest BCUT2D eigenvalue weighted by Crippen LogP contribution is 2.23. The Morgan fingerprint density at radius 2 is 2.17 bits per heavy atom. The summed E-state index contributed by atoms with van der Waals surface area (Å²) in [5.74, 6) is -0.710. The van der Waals surface area contributed by atoms with Crippen LogP contribution in [0.3, 0.4) is 0 Å². The number of phenolic OH excluding ortho intramolecular Hbond substituents is 1. The Morgan fingerprint density at radius 3 is 2.74 bits per heavy atom. The third kappa shape index (κ3) is 3.76. The molecule has 0 atom stereocenters. The van der Waals surface area contributed by atoms with E-state index < -0.39 is 5.91 Å². The number of hydrazone groups is 1. The van der Waals surface area contributed by atoms with Crippen molar-refractivity contribution in [3.63, 3.8) is 0 Å². The van der Waals surface area contributed by atoms with E-state index in [0.29, 0.717) is 5.56 Å². The first kappa shape index (κ1) is 16.3. The summed E-state index contributed by atoms with van der Waals surface area (Å²) in [5.41, 5.74) is 8.85. The Bertz CT molecular complexity index is 708. The monoisotopic (exact) mass is 318 g/mol. The number of rotatable bonds is 6. The van der Waals surface area contributed by atoms with E-state index in [4.69, 9.17) is 5.73 Å². The summed E-state index contributed by atoms with van der Waals surface area (Å²) >= 11 is 0. The molecular weight excluding hydrogens is 300 g/mol. The first-order valence-corrected chi connectivity index (χ1v) is 7.06. The highest BCUT2D eigenvalue weighted by atomic mass is 16.6. The van der Waals surface area contributed by atoms with Crippen LogP contribution in [0.2, 0.25) is 0 Å². The molecule has 0 bridgehead atoms. The van der Waals surface area contributed by atoms with E-state index in [1.807, 2.05) is 19.9 Å². The second-order valence-corrected chi connectivity index (χ2v) is 4.61. The minimum Gasteiger partial charge on any atom is -0.507 e. The van der Waals surface area contributed by atoms with Gasteiger partial charge in [-0.15, -0.1) is 0 Å². The average Bonchev–Trinajstić information content (AvgIpc) is 2.96. The summed E-state index contributed by atoms with van der Waals surface area (Å²) < 4.78 is 4.32. The molecule has 0 spiro atoms. The van der Waals surface area contributed by atoms with Crippen LogP contribution in [0.25, 0.3) is 0 Å². The summed E-state index contributed by atoms with van der Waals surface area (Å²) in [6, 6.07) is 5.23. The van der Waals surface area contributed by atoms with E-state index in [-0.39, 0.29) is 17.3 Å². The molecule has 1 amide bonds. The zero-order chi connectivity index (χ0) is 16.8. The first-order chi connectivity index (χ1) is 11.1. The molecule has 2 rings (SSSR count). The number of aromatic hydroxyl groups is 1. The van der Waals surface area contributed by atoms with Crippen LogP contribution < -0.4 is 16.1 Å². The lowest BCUT2D eigenvalue weighted by molar-refractivity contribution is 0.0946. The number of aromatic nitrogens is 2. The third-order valence-corrected chi connectivity index (χ3v) is 3.24. The van der Waals surface area contributed by atoms with E-state index in [9.17, 15) is 9.90 Å². The van der Waals surface area contributed by atoms with Gasteiger partial charge in [0.1, 0.15) is 5.75 Å². The Balaban J connectivity index is 2.05. The van der Waals surface area contributed by atoms with Crippen molar-refractivity contribution in [2.75, 3.05) is 23.7 Å². The first-order valence-electron chi connectivity index (χ1n) is 7.06. The molecular formula is C14H18N6O3. The molecule has 2 aromatic rings. The number of carbonyl (C=O) groups is 1. The molecule has 0 aliphatic carbocycles. The quantitative estimate of drug-likeness (QED) is 0.534. The number of nitrogens with zero attached hydrogens (tertiary/aromatic N) is 4. The number of nitrogen functional groups attached to an aromatic ring is 1. The SMILES string of the molecule is CCN(CC)c1ccc(/C=N/NC(=O)c2nonc2N)c(O)c1. The van der Waals surface area contributed by atoms with Crippen molar-refractivity contribution in [3.05, 3.63) is 29.5 Å². The lowest BCUT2D eigenvalue weighted by atomic mass is 10.2. The van der Waals surface area contributed by atoms with Crippen molar-refractivity contribution in [2.24, 2.45) is 5.10 Å². The maximum Gasteiger partial charge on any atom is 0.297 e. The van der Waals surface area contributed by atoms with Crippen molar-refractivity contribution >= 4 is 23.6 Å². The van der Waals surface area contributed by atoms with Gasteiger partial charge >= 0.3 is 0 Å². The summed E-state index contributed by atoms with van der Waals surface area (Å²) in [4.78, 5) is 13.8. The van der Waals surface area contributed by atoms with Gasteiger partial charge in [0.15, 0.2) is 0 Å². The minimum atomic E-state index is -0.653. The van der Waals surface area contributed by atoms with E-state index in [1.54, 1.807) is 12.1 Å². The van der Waals surface area contributed by atoms with Crippen molar-refractivity contribution in [3.8, 4) is 5.75 Å². The molecule has 9 heteroatoms. The molecule has 0 aliphatic rings. The largest absolute Gasteiger partial charge is 0.507 e. The van der Waals surface area contributed by atoms with Gasteiger partial charge in [-0.25, -0.2) is 10.1 Å². The molecule has 9 nitrogen and oxygen atoms in total. The van der Waals surface area contributed by atoms with Gasteiger partial charge in [-0.2, -0.15) is 5.10 Å². The number of nitrogens with two attached hydrogens (primary N) is 1. The Hall–Kier alpha value is -3.10. The fourth-order valence-electron chi connectivity index (χ4n) is 1.99. The fourth-order valence-corrected chi connectivity index (χ4v) is 1.99. The van der Waals surface area contributed by atoms with Crippen molar-refractivity contribution in [1.29, 1.82) is 0 Å². The van der Waals surface area contributed by atoms with E-state index in [2.05, 4.69) is 30.4 Å². The maximum absolute atomic E-state index is 11.7. The Kier molecular flexibility index (Phi) is 5.13. The Morgan fingerprint density at radius 1 is 1.43 bits per heavy atom. The molecule has 0 radical (unpaired) electrons. The van der Waals surface area contributed by atoms with Crippen LogP contribution in [0.1, 0.15) is 29.9 Å². The van der Waals surface area contributed by atoms with Crippen LogP contribution in [-0.2, 0) is 0 Å². The van der Waals surface area contributed by atoms with Gasteiger partial charge in [-0.1, -0.05) is 0 Å².